The van der Waals surface area contributed by atoms with E-state index in [-0.39, 0.29) is 11.5 Å². The van der Waals surface area contributed by atoms with Crippen LogP contribution in [0.5, 0.6) is 5.75 Å². The van der Waals surface area contributed by atoms with E-state index in [1.54, 1.807) is 4.90 Å². The molecule has 2 fully saturated rings. The number of rotatable bonds is 4. The van der Waals surface area contributed by atoms with Crippen molar-refractivity contribution >= 4 is 17.5 Å². The Morgan fingerprint density at radius 1 is 0.935 bits per heavy atom. The molecule has 1 aromatic carbocycles. The molecule has 0 radical (unpaired) electrons. The molecule has 0 N–H and O–H groups in total. The number of aromatic nitrogens is 2. The zero-order valence-corrected chi connectivity index (χ0v) is 17.2. The molecule has 0 unspecified atom stereocenters. The van der Waals surface area contributed by atoms with Crippen LogP contribution in [0.2, 0.25) is 0 Å². The normalized spacial score (nSPS) is 17.2. The molecule has 0 atom stereocenters. The number of carbonyl (C=O) groups excluding carboxylic acids is 1. The summed E-state index contributed by atoms with van der Waals surface area (Å²) >= 11 is 0. The summed E-state index contributed by atoms with van der Waals surface area (Å²) in [7, 11) is 0. The standard InChI is InChI=1S/C21H24F3N5O2/c1-15-25-18(27-7-2-3-8-27)14-19(26-15)28-9-11-29(12-10-28)20(30)16-5-4-6-17(13-16)31-21(22,23)24/h4-6,13-14H,2-3,7-12H2,1H3. The highest BCUT2D eigenvalue weighted by molar-refractivity contribution is 5.94. The predicted molar refractivity (Wildman–Crippen MR) is 109 cm³/mol. The van der Waals surface area contributed by atoms with Gasteiger partial charge >= 0.3 is 6.36 Å². The van der Waals surface area contributed by atoms with Crippen LogP contribution in [-0.4, -0.2) is 66.4 Å². The lowest BCUT2D eigenvalue weighted by atomic mass is 10.1. The number of hydrogen-bond donors (Lipinski definition) is 0. The van der Waals surface area contributed by atoms with Gasteiger partial charge in [-0.2, -0.15) is 0 Å². The molecule has 10 heteroatoms. The summed E-state index contributed by atoms with van der Waals surface area (Å²) in [6.07, 6.45) is -2.47. The van der Waals surface area contributed by atoms with Gasteiger partial charge in [0.2, 0.25) is 0 Å². The molecule has 166 valence electrons. The minimum atomic E-state index is -4.79. The van der Waals surface area contributed by atoms with Crippen molar-refractivity contribution in [3.63, 3.8) is 0 Å². The Balaban J connectivity index is 1.41. The molecule has 1 amide bonds. The number of carbonyl (C=O) groups is 1. The van der Waals surface area contributed by atoms with Gasteiger partial charge in [-0.25, -0.2) is 9.97 Å². The minimum Gasteiger partial charge on any atom is -0.406 e. The Hall–Kier alpha value is -3.04. The molecular formula is C21H24F3N5O2. The van der Waals surface area contributed by atoms with E-state index >= 15 is 0 Å². The molecule has 2 aliphatic rings. The van der Waals surface area contributed by atoms with Gasteiger partial charge in [0, 0.05) is 50.9 Å². The van der Waals surface area contributed by atoms with Crippen LogP contribution in [-0.2, 0) is 0 Å². The molecule has 1 aromatic heterocycles. The van der Waals surface area contributed by atoms with Gasteiger partial charge in [-0.15, -0.1) is 13.2 Å². The van der Waals surface area contributed by atoms with Crippen molar-refractivity contribution in [1.29, 1.82) is 0 Å². The Morgan fingerprint density at radius 2 is 1.55 bits per heavy atom. The summed E-state index contributed by atoms with van der Waals surface area (Å²) in [5.41, 5.74) is 0.171. The number of benzene rings is 1. The van der Waals surface area contributed by atoms with Crippen LogP contribution in [0.1, 0.15) is 29.0 Å². The average Bonchev–Trinajstić information content (AvgIpc) is 3.27. The van der Waals surface area contributed by atoms with Crippen molar-refractivity contribution in [1.82, 2.24) is 14.9 Å². The summed E-state index contributed by atoms with van der Waals surface area (Å²) in [5, 5.41) is 0. The van der Waals surface area contributed by atoms with Crippen molar-refractivity contribution < 1.29 is 22.7 Å². The number of amides is 1. The first-order chi connectivity index (χ1) is 14.8. The minimum absolute atomic E-state index is 0.171. The first kappa shape index (κ1) is 21.2. The highest BCUT2D eigenvalue weighted by Crippen LogP contribution is 2.25. The predicted octanol–water partition coefficient (Wildman–Crippen LogP) is 3.25. The summed E-state index contributed by atoms with van der Waals surface area (Å²) in [6.45, 7) is 5.93. The van der Waals surface area contributed by atoms with E-state index in [0.29, 0.717) is 32.0 Å². The average molecular weight is 435 g/mol. The highest BCUT2D eigenvalue weighted by Gasteiger charge is 2.31. The van der Waals surface area contributed by atoms with Gasteiger partial charge < -0.3 is 19.4 Å². The molecule has 2 aliphatic heterocycles. The van der Waals surface area contributed by atoms with Crippen LogP contribution < -0.4 is 14.5 Å². The van der Waals surface area contributed by atoms with Crippen LogP contribution in [0.3, 0.4) is 0 Å². The molecule has 0 spiro atoms. The van der Waals surface area contributed by atoms with Crippen LogP contribution in [0.4, 0.5) is 24.8 Å². The van der Waals surface area contributed by atoms with E-state index in [2.05, 4.69) is 24.5 Å². The van der Waals surface area contributed by atoms with E-state index in [1.165, 1.54) is 18.2 Å². The van der Waals surface area contributed by atoms with Crippen molar-refractivity contribution in [2.24, 2.45) is 0 Å². The number of aryl methyl sites for hydroxylation is 1. The van der Waals surface area contributed by atoms with Gasteiger partial charge in [0.05, 0.1) is 0 Å². The van der Waals surface area contributed by atoms with Gasteiger partial charge in [-0.05, 0) is 38.0 Å². The first-order valence-electron chi connectivity index (χ1n) is 10.3. The molecule has 0 saturated carbocycles. The third-order valence-electron chi connectivity index (χ3n) is 5.45. The molecule has 3 heterocycles. The van der Waals surface area contributed by atoms with E-state index in [4.69, 9.17) is 0 Å². The summed E-state index contributed by atoms with van der Waals surface area (Å²) in [5.74, 6) is 1.76. The van der Waals surface area contributed by atoms with Gasteiger partial charge in [-0.3, -0.25) is 4.79 Å². The molecule has 31 heavy (non-hydrogen) atoms. The van der Waals surface area contributed by atoms with Gasteiger partial charge in [0.15, 0.2) is 0 Å². The molecule has 0 bridgehead atoms. The fourth-order valence-corrected chi connectivity index (χ4v) is 3.95. The largest absolute Gasteiger partial charge is 0.573 e. The number of piperazine rings is 1. The Labute approximate surface area is 178 Å². The third kappa shape index (κ3) is 5.18. The maximum absolute atomic E-state index is 12.8. The van der Waals surface area contributed by atoms with Crippen LogP contribution >= 0.6 is 0 Å². The third-order valence-corrected chi connectivity index (χ3v) is 5.45. The monoisotopic (exact) mass is 435 g/mol. The summed E-state index contributed by atoms with van der Waals surface area (Å²) in [4.78, 5) is 27.9. The number of ether oxygens (including phenoxy) is 1. The lowest BCUT2D eigenvalue weighted by molar-refractivity contribution is -0.274. The fraction of sp³-hybridized carbons (Fsp3) is 0.476. The van der Waals surface area contributed by atoms with E-state index in [9.17, 15) is 18.0 Å². The van der Waals surface area contributed by atoms with Gasteiger partial charge in [-0.1, -0.05) is 6.07 Å². The molecule has 0 aliphatic carbocycles. The number of hydrogen-bond acceptors (Lipinski definition) is 6. The fourth-order valence-electron chi connectivity index (χ4n) is 3.95. The Morgan fingerprint density at radius 3 is 2.16 bits per heavy atom. The molecular weight excluding hydrogens is 411 g/mol. The topological polar surface area (TPSA) is 61.8 Å². The summed E-state index contributed by atoms with van der Waals surface area (Å²) in [6, 6.07) is 7.17. The van der Waals surface area contributed by atoms with Crippen molar-refractivity contribution in [3.8, 4) is 5.75 Å². The van der Waals surface area contributed by atoms with Crippen molar-refractivity contribution in [3.05, 3.63) is 41.7 Å². The van der Waals surface area contributed by atoms with Crippen LogP contribution in [0.15, 0.2) is 30.3 Å². The van der Waals surface area contributed by atoms with Crippen LogP contribution in [0, 0.1) is 6.92 Å². The number of anilines is 2. The highest BCUT2D eigenvalue weighted by atomic mass is 19.4. The molecule has 4 rings (SSSR count). The second kappa shape index (κ2) is 8.60. The Kier molecular flexibility index (Phi) is 5.88. The van der Waals surface area contributed by atoms with E-state index in [1.807, 2.05) is 13.0 Å². The van der Waals surface area contributed by atoms with Gasteiger partial charge in [0.1, 0.15) is 23.2 Å². The number of nitrogens with zero attached hydrogens (tertiary/aromatic N) is 5. The van der Waals surface area contributed by atoms with E-state index < -0.39 is 12.1 Å². The lowest BCUT2D eigenvalue weighted by Gasteiger charge is -2.36. The lowest BCUT2D eigenvalue weighted by Crippen LogP contribution is -2.49. The SMILES string of the molecule is Cc1nc(N2CCCC2)cc(N2CCN(C(=O)c3cccc(OC(F)(F)F)c3)CC2)n1. The van der Waals surface area contributed by atoms with Crippen LogP contribution in [0.25, 0.3) is 0 Å². The molecule has 2 aromatic rings. The maximum atomic E-state index is 12.8. The Bertz CT molecular complexity index is 939. The first-order valence-corrected chi connectivity index (χ1v) is 10.3. The smallest absolute Gasteiger partial charge is 0.406 e. The second-order valence-electron chi connectivity index (χ2n) is 7.68. The number of alkyl halides is 3. The van der Waals surface area contributed by atoms with Crippen molar-refractivity contribution in [2.45, 2.75) is 26.1 Å². The molecule has 2 saturated heterocycles. The number of halogens is 3. The van der Waals surface area contributed by atoms with E-state index in [0.717, 1.165) is 43.6 Å². The van der Waals surface area contributed by atoms with Crippen molar-refractivity contribution in [2.75, 3.05) is 49.1 Å². The zero-order chi connectivity index (χ0) is 22.0. The summed E-state index contributed by atoms with van der Waals surface area (Å²) < 4.78 is 41.3. The second-order valence-corrected chi connectivity index (χ2v) is 7.68. The quantitative estimate of drug-likeness (QED) is 0.735. The zero-order valence-electron chi connectivity index (χ0n) is 17.2. The maximum Gasteiger partial charge on any atom is 0.573 e. The van der Waals surface area contributed by atoms with Gasteiger partial charge in [0.25, 0.3) is 5.91 Å². The molecule has 7 nitrogen and oxygen atoms in total.